The molecule has 10 heteroatoms. The molecule has 0 aliphatic carbocycles. The highest BCUT2D eigenvalue weighted by Crippen LogP contribution is 2.36. The molecule has 30 heavy (non-hydrogen) atoms. The number of aromatic nitrogens is 1. The van der Waals surface area contributed by atoms with Gasteiger partial charge in [-0.05, 0) is 13.0 Å². The summed E-state index contributed by atoms with van der Waals surface area (Å²) in [5.74, 6) is -4.46. The molecule has 152 valence electrons. The van der Waals surface area contributed by atoms with E-state index >= 15 is 0 Å². The molecule has 6 N–H and O–H groups in total. The first-order valence-electron chi connectivity index (χ1n) is 8.44. The second-order valence-corrected chi connectivity index (χ2v) is 6.62. The van der Waals surface area contributed by atoms with Gasteiger partial charge in [0.1, 0.15) is 17.4 Å². The molecule has 0 unspecified atom stereocenters. The number of fused-ring (bicyclic) bond motifs is 2. The highest BCUT2D eigenvalue weighted by Gasteiger charge is 2.25. The lowest BCUT2D eigenvalue weighted by Crippen LogP contribution is -2.17. The number of aromatic amines is 1. The fourth-order valence-electron chi connectivity index (χ4n) is 3.41. The smallest absolute Gasteiger partial charge is 0.340 e. The molecule has 0 saturated carbocycles. The van der Waals surface area contributed by atoms with Crippen LogP contribution in [0.15, 0.2) is 38.5 Å². The van der Waals surface area contributed by atoms with Crippen LogP contribution in [0.2, 0.25) is 0 Å². The van der Waals surface area contributed by atoms with Gasteiger partial charge in [-0.1, -0.05) is 0 Å². The van der Waals surface area contributed by atoms with Gasteiger partial charge in [0.25, 0.3) is 0 Å². The lowest BCUT2D eigenvalue weighted by molar-refractivity contribution is 0.0695. The largest absolute Gasteiger partial charge is 0.504 e. The van der Waals surface area contributed by atoms with Crippen LogP contribution in [0.1, 0.15) is 16.1 Å². The second-order valence-electron chi connectivity index (χ2n) is 6.62. The summed E-state index contributed by atoms with van der Waals surface area (Å²) in [6.45, 7) is 1.48. The third kappa shape index (κ3) is 2.54. The predicted octanol–water partition coefficient (Wildman–Crippen LogP) is 2.13. The monoisotopic (exact) mass is 411 g/mol. The Bertz CT molecular complexity index is 1510. The van der Waals surface area contributed by atoms with Crippen molar-refractivity contribution in [1.82, 2.24) is 4.98 Å². The topological polar surface area (TPSA) is 181 Å². The van der Waals surface area contributed by atoms with Crippen LogP contribution in [0.5, 0.6) is 23.0 Å². The van der Waals surface area contributed by atoms with E-state index in [2.05, 4.69) is 4.98 Å². The van der Waals surface area contributed by atoms with Crippen molar-refractivity contribution in [2.45, 2.75) is 6.92 Å². The minimum absolute atomic E-state index is 0.0302. The van der Waals surface area contributed by atoms with E-state index in [0.29, 0.717) is 0 Å². The summed E-state index contributed by atoms with van der Waals surface area (Å²) in [6, 6.07) is 3.07. The molecule has 0 fully saturated rings. The van der Waals surface area contributed by atoms with Gasteiger partial charge < -0.3 is 34.9 Å². The van der Waals surface area contributed by atoms with Crippen LogP contribution in [0.3, 0.4) is 0 Å². The summed E-state index contributed by atoms with van der Waals surface area (Å²) in [4.78, 5) is 40.6. The Labute approximate surface area is 165 Å². The molecule has 0 amide bonds. The van der Waals surface area contributed by atoms with E-state index in [1.165, 1.54) is 6.92 Å². The minimum atomic E-state index is -1.68. The maximum Gasteiger partial charge on any atom is 0.340 e. The van der Waals surface area contributed by atoms with E-state index in [1.54, 1.807) is 0 Å². The summed E-state index contributed by atoms with van der Waals surface area (Å²) >= 11 is 0. The number of nitrogens with one attached hydrogen (secondary N) is 1. The standard InChI is InChI=1S/C20H13NO9/c1-6-14(17(25)7-2-10(22)11(23)3-9(7)21-6)8-5-30-13-4-12(24)19(27)16(20(28)29)15(13)18(8)26/h2-5,22-24,27H,1H3,(H,21,25)(H,28,29). The van der Waals surface area contributed by atoms with E-state index in [-0.39, 0.29) is 33.3 Å². The number of carboxylic acid groups (broad SMARTS) is 1. The molecule has 0 aliphatic rings. The molecule has 0 bridgehead atoms. The quantitative estimate of drug-likeness (QED) is 0.269. The number of hydrogen-bond donors (Lipinski definition) is 6. The van der Waals surface area contributed by atoms with Crippen molar-refractivity contribution in [3.8, 4) is 34.1 Å². The van der Waals surface area contributed by atoms with Gasteiger partial charge in [0.05, 0.1) is 27.4 Å². The predicted molar refractivity (Wildman–Crippen MR) is 104 cm³/mol. The summed E-state index contributed by atoms with van der Waals surface area (Å²) in [6.07, 6.45) is 0.941. The third-order valence-electron chi connectivity index (χ3n) is 4.79. The number of pyridine rings is 1. The van der Waals surface area contributed by atoms with E-state index in [9.17, 15) is 39.9 Å². The van der Waals surface area contributed by atoms with Crippen molar-refractivity contribution in [3.63, 3.8) is 0 Å². The third-order valence-corrected chi connectivity index (χ3v) is 4.79. The van der Waals surface area contributed by atoms with E-state index < -0.39 is 50.8 Å². The first-order valence-corrected chi connectivity index (χ1v) is 8.44. The fourth-order valence-corrected chi connectivity index (χ4v) is 3.41. The number of carboxylic acids is 1. The Kier molecular flexibility index (Phi) is 3.95. The average Bonchev–Trinajstić information content (AvgIpc) is 2.66. The molecule has 0 aliphatic heterocycles. The number of phenols is 4. The minimum Gasteiger partial charge on any atom is -0.504 e. The van der Waals surface area contributed by atoms with Gasteiger partial charge in [-0.25, -0.2) is 4.79 Å². The summed E-state index contributed by atoms with van der Waals surface area (Å²) < 4.78 is 5.29. The molecule has 10 nitrogen and oxygen atoms in total. The Balaban J connectivity index is 2.15. The Hall–Kier alpha value is -4.47. The number of carbonyl (C=O) groups is 1. The molecule has 2 aromatic heterocycles. The zero-order valence-electron chi connectivity index (χ0n) is 15.2. The van der Waals surface area contributed by atoms with Gasteiger partial charge in [-0.2, -0.15) is 0 Å². The molecule has 4 rings (SSSR count). The van der Waals surface area contributed by atoms with Crippen LogP contribution in [0, 0.1) is 6.92 Å². The van der Waals surface area contributed by atoms with E-state index in [1.807, 2.05) is 0 Å². The van der Waals surface area contributed by atoms with Crippen molar-refractivity contribution in [1.29, 1.82) is 0 Å². The molecule has 0 radical (unpaired) electrons. The Morgan fingerprint density at radius 3 is 2.30 bits per heavy atom. The van der Waals surface area contributed by atoms with Gasteiger partial charge in [0.15, 0.2) is 28.4 Å². The van der Waals surface area contributed by atoms with Crippen molar-refractivity contribution in [3.05, 3.63) is 56.2 Å². The molecule has 0 saturated heterocycles. The van der Waals surface area contributed by atoms with Crippen LogP contribution >= 0.6 is 0 Å². The number of rotatable bonds is 2. The maximum atomic E-state index is 13.1. The number of benzene rings is 2. The average molecular weight is 411 g/mol. The maximum absolute atomic E-state index is 13.1. The SMILES string of the molecule is Cc1[nH]c2cc(O)c(O)cc2c(=O)c1-c1coc2cc(O)c(O)c(C(=O)O)c2c1=O. The van der Waals surface area contributed by atoms with Crippen molar-refractivity contribution in [2.75, 3.05) is 0 Å². The van der Waals surface area contributed by atoms with Crippen LogP contribution in [-0.2, 0) is 0 Å². The summed E-state index contributed by atoms with van der Waals surface area (Å²) in [5, 5.41) is 47.9. The number of H-pyrrole nitrogens is 1. The van der Waals surface area contributed by atoms with Gasteiger partial charge in [0.2, 0.25) is 5.43 Å². The highest BCUT2D eigenvalue weighted by atomic mass is 16.4. The van der Waals surface area contributed by atoms with Crippen LogP contribution in [0.4, 0.5) is 0 Å². The number of aromatic carboxylic acids is 1. The highest BCUT2D eigenvalue weighted by molar-refractivity contribution is 6.06. The first-order chi connectivity index (χ1) is 14.1. The van der Waals surface area contributed by atoms with E-state index in [4.69, 9.17) is 4.42 Å². The number of aryl methyl sites for hydroxylation is 1. The molecule has 2 heterocycles. The molecule has 0 spiro atoms. The second kappa shape index (κ2) is 6.27. The number of phenolic OH excluding ortho intramolecular Hbond substituents is 3. The number of hydrogen-bond acceptors (Lipinski definition) is 8. The molecule has 2 aromatic carbocycles. The number of aromatic hydroxyl groups is 4. The summed E-state index contributed by atoms with van der Waals surface area (Å²) in [5.41, 5.74) is -2.77. The van der Waals surface area contributed by atoms with Crippen LogP contribution in [0.25, 0.3) is 33.0 Å². The lowest BCUT2D eigenvalue weighted by atomic mass is 9.99. The molecular weight excluding hydrogens is 398 g/mol. The summed E-state index contributed by atoms with van der Waals surface area (Å²) in [7, 11) is 0. The van der Waals surface area contributed by atoms with Crippen molar-refractivity contribution in [2.24, 2.45) is 0 Å². The molecule has 0 atom stereocenters. The fraction of sp³-hybridized carbons (Fsp3) is 0.0500. The van der Waals surface area contributed by atoms with Crippen LogP contribution < -0.4 is 10.9 Å². The normalized spacial score (nSPS) is 11.2. The van der Waals surface area contributed by atoms with Crippen molar-refractivity contribution >= 4 is 27.8 Å². The van der Waals surface area contributed by atoms with Crippen LogP contribution in [-0.4, -0.2) is 36.5 Å². The van der Waals surface area contributed by atoms with Gasteiger partial charge in [-0.3, -0.25) is 9.59 Å². The van der Waals surface area contributed by atoms with Gasteiger partial charge in [-0.15, -0.1) is 0 Å². The van der Waals surface area contributed by atoms with Crippen molar-refractivity contribution < 1.29 is 34.7 Å². The first kappa shape index (κ1) is 18.9. The molecule has 4 aromatic rings. The Morgan fingerprint density at radius 1 is 0.967 bits per heavy atom. The van der Waals surface area contributed by atoms with E-state index in [0.717, 1.165) is 24.5 Å². The Morgan fingerprint density at radius 2 is 1.63 bits per heavy atom. The zero-order chi connectivity index (χ0) is 21.9. The molecular formula is C20H13NO9. The van der Waals surface area contributed by atoms with Gasteiger partial charge in [0, 0.05) is 17.8 Å². The zero-order valence-corrected chi connectivity index (χ0v) is 15.2. The van der Waals surface area contributed by atoms with Gasteiger partial charge >= 0.3 is 5.97 Å². The lowest BCUT2D eigenvalue weighted by Gasteiger charge is -2.11.